The lowest BCUT2D eigenvalue weighted by Crippen LogP contribution is -2.39. The highest BCUT2D eigenvalue weighted by atomic mass is 35.5. The van der Waals surface area contributed by atoms with Gasteiger partial charge in [-0.2, -0.15) is 13.2 Å². The maximum absolute atomic E-state index is 12.5. The highest BCUT2D eigenvalue weighted by molar-refractivity contribution is 6.31. The normalized spacial score (nSPS) is 15.0. The van der Waals surface area contributed by atoms with Crippen LogP contribution in [0.4, 0.5) is 13.2 Å². The second kappa shape index (κ2) is 6.25. The Morgan fingerprint density at radius 3 is 2.47 bits per heavy atom. The number of rotatable bonds is 5. The number of carboxylic acids is 1. The number of aliphatic carboxylic acids is 1. The first-order valence-electron chi connectivity index (χ1n) is 5.50. The summed E-state index contributed by atoms with van der Waals surface area (Å²) in [7, 11) is 0. The number of benzene rings is 1. The first-order valence-corrected chi connectivity index (χ1v) is 5.88. The monoisotopic (exact) mass is 295 g/mol. The zero-order valence-corrected chi connectivity index (χ0v) is 10.8. The van der Waals surface area contributed by atoms with Crippen molar-refractivity contribution >= 4 is 17.6 Å². The van der Waals surface area contributed by atoms with Crippen LogP contribution in [0, 0.1) is 5.92 Å². The molecular formula is C12H13ClF3NO2. The molecule has 1 unspecified atom stereocenters. The van der Waals surface area contributed by atoms with E-state index in [1.165, 1.54) is 0 Å². The van der Waals surface area contributed by atoms with Gasteiger partial charge in [-0.1, -0.05) is 29.8 Å². The largest absolute Gasteiger partial charge is 0.481 e. The number of hydrogen-bond donors (Lipinski definition) is 2. The van der Waals surface area contributed by atoms with E-state index in [9.17, 15) is 18.0 Å². The van der Waals surface area contributed by atoms with Crippen molar-refractivity contribution < 1.29 is 23.1 Å². The molecule has 106 valence electrons. The molecule has 0 heterocycles. The molecule has 1 rings (SSSR count). The van der Waals surface area contributed by atoms with E-state index in [1.807, 2.05) is 0 Å². The molecule has 3 nitrogen and oxygen atoms in total. The minimum absolute atomic E-state index is 0.418. The van der Waals surface area contributed by atoms with Crippen molar-refractivity contribution in [3.05, 3.63) is 34.9 Å². The van der Waals surface area contributed by atoms with E-state index in [0.29, 0.717) is 10.6 Å². The molecule has 2 N–H and O–H groups in total. The summed E-state index contributed by atoms with van der Waals surface area (Å²) in [6.07, 6.45) is -4.78. The van der Waals surface area contributed by atoms with E-state index in [1.54, 1.807) is 31.2 Å². The lowest BCUT2D eigenvalue weighted by molar-refractivity contribution is -0.192. The van der Waals surface area contributed by atoms with Crippen LogP contribution in [-0.2, 0) is 4.79 Å². The first kappa shape index (κ1) is 15.8. The van der Waals surface area contributed by atoms with Crippen molar-refractivity contribution in [1.82, 2.24) is 5.32 Å². The Labute approximate surface area is 113 Å². The summed E-state index contributed by atoms with van der Waals surface area (Å²) in [6.45, 7) is 0.918. The maximum atomic E-state index is 12.5. The fourth-order valence-corrected chi connectivity index (χ4v) is 1.87. The molecule has 0 amide bonds. The predicted octanol–water partition coefficient (Wildman–Crippen LogP) is 3.25. The molecule has 0 saturated heterocycles. The van der Waals surface area contributed by atoms with Gasteiger partial charge in [0.25, 0.3) is 0 Å². The number of hydrogen-bond acceptors (Lipinski definition) is 2. The zero-order chi connectivity index (χ0) is 14.6. The van der Waals surface area contributed by atoms with Crippen LogP contribution in [0.15, 0.2) is 24.3 Å². The highest BCUT2D eigenvalue weighted by Gasteiger charge is 2.44. The quantitative estimate of drug-likeness (QED) is 0.876. The van der Waals surface area contributed by atoms with Crippen LogP contribution in [0.1, 0.15) is 18.5 Å². The topological polar surface area (TPSA) is 49.3 Å². The minimum atomic E-state index is -4.78. The van der Waals surface area contributed by atoms with Gasteiger partial charge in [0.15, 0.2) is 5.92 Å². The van der Waals surface area contributed by atoms with Crippen LogP contribution in [0.25, 0.3) is 0 Å². The second-order valence-electron chi connectivity index (χ2n) is 4.08. The Morgan fingerprint density at radius 1 is 1.42 bits per heavy atom. The van der Waals surface area contributed by atoms with Crippen molar-refractivity contribution in [3.63, 3.8) is 0 Å². The smallest absolute Gasteiger partial charge is 0.403 e. The summed E-state index contributed by atoms with van der Waals surface area (Å²) in [4.78, 5) is 10.6. The molecule has 2 atom stereocenters. The van der Waals surface area contributed by atoms with Gasteiger partial charge in [0.05, 0.1) is 0 Å². The molecule has 0 aliphatic heterocycles. The number of carboxylic acid groups (broad SMARTS) is 1. The summed E-state index contributed by atoms with van der Waals surface area (Å²) >= 11 is 5.91. The second-order valence-corrected chi connectivity index (χ2v) is 4.49. The molecule has 0 aliphatic carbocycles. The van der Waals surface area contributed by atoms with Gasteiger partial charge >= 0.3 is 12.1 Å². The third-order valence-electron chi connectivity index (χ3n) is 2.69. The van der Waals surface area contributed by atoms with Gasteiger partial charge in [0.2, 0.25) is 0 Å². The highest BCUT2D eigenvalue weighted by Crippen LogP contribution is 2.27. The van der Waals surface area contributed by atoms with E-state index < -0.39 is 30.7 Å². The number of alkyl halides is 3. The Balaban J connectivity index is 2.70. The van der Waals surface area contributed by atoms with Crippen molar-refractivity contribution in [2.45, 2.75) is 19.1 Å². The fraction of sp³-hybridized carbons (Fsp3) is 0.417. The van der Waals surface area contributed by atoms with Gasteiger partial charge in [0.1, 0.15) is 0 Å². The molecule has 19 heavy (non-hydrogen) atoms. The molecule has 0 bridgehead atoms. The number of nitrogens with one attached hydrogen (secondary N) is 1. The third-order valence-corrected chi connectivity index (χ3v) is 3.04. The van der Waals surface area contributed by atoms with E-state index >= 15 is 0 Å². The molecular weight excluding hydrogens is 283 g/mol. The summed E-state index contributed by atoms with van der Waals surface area (Å²) in [6, 6.07) is 6.22. The van der Waals surface area contributed by atoms with Crippen molar-refractivity contribution in [2.75, 3.05) is 6.54 Å². The summed E-state index contributed by atoms with van der Waals surface area (Å²) < 4.78 is 37.4. The van der Waals surface area contributed by atoms with Crippen molar-refractivity contribution in [3.8, 4) is 0 Å². The van der Waals surface area contributed by atoms with Crippen LogP contribution in [-0.4, -0.2) is 23.8 Å². The maximum Gasteiger partial charge on any atom is 0.403 e. The standard InChI is InChI=1S/C12H13ClF3NO2/c1-7(8-4-2-3-5-10(8)13)17-6-9(11(18)19)12(14,15)16/h2-5,7,9,17H,6H2,1H3,(H,18,19)/t7-,9?/m0/s1. The van der Waals surface area contributed by atoms with Gasteiger partial charge < -0.3 is 10.4 Å². The van der Waals surface area contributed by atoms with E-state index in [-0.39, 0.29) is 0 Å². The molecule has 0 radical (unpaired) electrons. The SMILES string of the molecule is C[C@H](NCC(C(=O)O)C(F)(F)F)c1ccccc1Cl. The predicted molar refractivity (Wildman–Crippen MR) is 65.1 cm³/mol. The number of carbonyl (C=O) groups is 1. The van der Waals surface area contributed by atoms with Gasteiger partial charge in [-0.15, -0.1) is 0 Å². The average molecular weight is 296 g/mol. The Bertz CT molecular complexity index is 451. The Kier molecular flexibility index (Phi) is 5.20. The van der Waals surface area contributed by atoms with E-state index in [0.717, 1.165) is 0 Å². The van der Waals surface area contributed by atoms with Gasteiger partial charge in [-0.3, -0.25) is 4.79 Å². The molecule has 1 aromatic carbocycles. The van der Waals surface area contributed by atoms with Crippen LogP contribution in [0.2, 0.25) is 5.02 Å². The molecule has 0 aliphatic rings. The summed E-state index contributed by atoms with van der Waals surface area (Å²) in [5, 5.41) is 11.5. The van der Waals surface area contributed by atoms with Crippen LogP contribution >= 0.6 is 11.6 Å². The molecule has 1 aromatic rings. The molecule has 0 spiro atoms. The Morgan fingerprint density at radius 2 is 2.00 bits per heavy atom. The van der Waals surface area contributed by atoms with Crippen molar-refractivity contribution in [1.29, 1.82) is 0 Å². The van der Waals surface area contributed by atoms with Gasteiger partial charge in [-0.05, 0) is 18.6 Å². The fourth-order valence-electron chi connectivity index (χ4n) is 1.57. The molecule has 7 heteroatoms. The van der Waals surface area contributed by atoms with E-state index in [2.05, 4.69) is 5.32 Å². The molecule has 0 aromatic heterocycles. The van der Waals surface area contributed by atoms with Crippen LogP contribution in [0.5, 0.6) is 0 Å². The third kappa shape index (κ3) is 4.40. The molecule has 0 fully saturated rings. The molecule has 0 saturated carbocycles. The summed E-state index contributed by atoms with van der Waals surface area (Å²) in [5.41, 5.74) is 0.621. The first-order chi connectivity index (χ1) is 8.73. The lowest BCUT2D eigenvalue weighted by Gasteiger charge is -2.20. The van der Waals surface area contributed by atoms with Gasteiger partial charge in [-0.25, -0.2) is 0 Å². The van der Waals surface area contributed by atoms with Crippen molar-refractivity contribution in [2.24, 2.45) is 5.92 Å². The lowest BCUT2D eigenvalue weighted by atomic mass is 10.1. The van der Waals surface area contributed by atoms with Crippen LogP contribution in [0.3, 0.4) is 0 Å². The van der Waals surface area contributed by atoms with E-state index in [4.69, 9.17) is 16.7 Å². The number of halogens is 4. The summed E-state index contributed by atoms with van der Waals surface area (Å²) in [5.74, 6) is -4.33. The van der Waals surface area contributed by atoms with Gasteiger partial charge in [0, 0.05) is 17.6 Å². The van der Waals surface area contributed by atoms with Crippen LogP contribution < -0.4 is 5.32 Å². The Hall–Kier alpha value is -1.27. The zero-order valence-electron chi connectivity index (χ0n) is 10.0. The average Bonchev–Trinajstić information content (AvgIpc) is 2.27. The minimum Gasteiger partial charge on any atom is -0.481 e.